The van der Waals surface area contributed by atoms with Gasteiger partial charge in [-0.15, -0.1) is 0 Å². The molecule has 0 fully saturated rings. The third kappa shape index (κ3) is 3.46. The second-order valence-electron chi connectivity index (χ2n) is 4.87. The minimum Gasteiger partial charge on any atom is -0.494 e. The zero-order valence-corrected chi connectivity index (χ0v) is 12.9. The number of aliphatic hydroxyl groups is 1. The zero-order valence-electron chi connectivity index (χ0n) is 12.0. The molecule has 0 saturated heterocycles. The van der Waals surface area contributed by atoms with Crippen molar-refractivity contribution in [2.45, 2.75) is 17.4 Å². The summed E-state index contributed by atoms with van der Waals surface area (Å²) in [5.41, 5.74) is -1.53. The first-order valence-electron chi connectivity index (χ1n) is 6.36. The van der Waals surface area contributed by atoms with Crippen LogP contribution in [-0.4, -0.2) is 27.2 Å². The van der Waals surface area contributed by atoms with Gasteiger partial charge in [0, 0.05) is 6.54 Å². The van der Waals surface area contributed by atoms with Gasteiger partial charge in [0.1, 0.15) is 11.4 Å². The molecule has 0 amide bonds. The van der Waals surface area contributed by atoms with Crippen LogP contribution in [0.3, 0.4) is 0 Å². The fourth-order valence-corrected chi connectivity index (χ4v) is 2.95. The monoisotopic (exact) mass is 329 g/mol. The Labute approximate surface area is 127 Å². The second kappa shape index (κ2) is 6.07. The van der Waals surface area contributed by atoms with Gasteiger partial charge in [-0.2, -0.15) is 0 Å². The molecule has 1 aromatic heterocycles. The number of rotatable bonds is 6. The van der Waals surface area contributed by atoms with E-state index in [1.807, 2.05) is 0 Å². The van der Waals surface area contributed by atoms with Gasteiger partial charge in [-0.3, -0.25) is 0 Å². The highest BCUT2D eigenvalue weighted by molar-refractivity contribution is 7.89. The molecule has 0 bridgehead atoms. The molecule has 0 aliphatic rings. The predicted molar refractivity (Wildman–Crippen MR) is 76.4 cm³/mol. The fraction of sp³-hybridized carbons (Fsp3) is 0.286. The van der Waals surface area contributed by atoms with Gasteiger partial charge in [0.2, 0.25) is 10.0 Å². The van der Waals surface area contributed by atoms with Crippen LogP contribution >= 0.6 is 0 Å². The summed E-state index contributed by atoms with van der Waals surface area (Å²) >= 11 is 0. The molecule has 120 valence electrons. The van der Waals surface area contributed by atoms with Crippen molar-refractivity contribution in [3.05, 3.63) is 48.2 Å². The zero-order chi connectivity index (χ0) is 16.4. The van der Waals surface area contributed by atoms with Crippen molar-refractivity contribution in [2.24, 2.45) is 0 Å². The molecule has 0 saturated carbocycles. The first kappa shape index (κ1) is 16.5. The average Bonchev–Trinajstić information content (AvgIpc) is 3.00. The summed E-state index contributed by atoms with van der Waals surface area (Å²) in [5, 5.41) is 10.2. The molecular weight excluding hydrogens is 313 g/mol. The van der Waals surface area contributed by atoms with E-state index in [4.69, 9.17) is 9.15 Å². The highest BCUT2D eigenvalue weighted by Crippen LogP contribution is 2.23. The van der Waals surface area contributed by atoms with Gasteiger partial charge in [0.05, 0.1) is 18.3 Å². The minimum atomic E-state index is -3.98. The molecule has 0 radical (unpaired) electrons. The van der Waals surface area contributed by atoms with Crippen LogP contribution in [0, 0.1) is 5.82 Å². The van der Waals surface area contributed by atoms with Crippen LogP contribution in [0.2, 0.25) is 0 Å². The number of benzene rings is 1. The van der Waals surface area contributed by atoms with Crippen molar-refractivity contribution in [1.29, 1.82) is 0 Å². The predicted octanol–water partition coefficient (Wildman–Crippen LogP) is 1.61. The summed E-state index contributed by atoms with van der Waals surface area (Å²) in [7, 11) is -2.70. The number of sulfonamides is 1. The molecule has 22 heavy (non-hydrogen) atoms. The molecule has 0 aliphatic carbocycles. The van der Waals surface area contributed by atoms with E-state index in [1.165, 1.54) is 38.5 Å². The Morgan fingerprint density at radius 3 is 2.68 bits per heavy atom. The van der Waals surface area contributed by atoms with Crippen molar-refractivity contribution in [3.8, 4) is 5.75 Å². The molecule has 0 unspecified atom stereocenters. The molecule has 2 rings (SSSR count). The van der Waals surface area contributed by atoms with Crippen LogP contribution in [0.5, 0.6) is 5.75 Å². The summed E-state index contributed by atoms with van der Waals surface area (Å²) in [5.74, 6) is -0.624. The van der Waals surface area contributed by atoms with Crippen LogP contribution in [0.1, 0.15) is 12.7 Å². The van der Waals surface area contributed by atoms with Crippen molar-refractivity contribution in [3.63, 3.8) is 0 Å². The van der Waals surface area contributed by atoms with Gasteiger partial charge in [-0.25, -0.2) is 17.5 Å². The molecule has 2 N–H and O–H groups in total. The Morgan fingerprint density at radius 1 is 1.41 bits per heavy atom. The number of hydrogen-bond donors (Lipinski definition) is 2. The van der Waals surface area contributed by atoms with Crippen LogP contribution in [-0.2, 0) is 15.6 Å². The average molecular weight is 329 g/mol. The summed E-state index contributed by atoms with van der Waals surface area (Å²) in [4.78, 5) is -0.263. The molecule has 1 heterocycles. The standard InChI is InChI=1S/C14H16FNO5S/c1-14(17,13-4-3-7-21-13)9-16-22(18,19)10-5-6-12(20-2)11(15)8-10/h3-8,16-17H,9H2,1-2H3/t14-/m0/s1. The van der Waals surface area contributed by atoms with Crippen molar-refractivity contribution in [1.82, 2.24) is 4.72 Å². The normalized spacial score (nSPS) is 14.5. The SMILES string of the molecule is COc1ccc(S(=O)(=O)NC[C@](C)(O)c2ccco2)cc1F. The van der Waals surface area contributed by atoms with Crippen molar-refractivity contribution in [2.75, 3.05) is 13.7 Å². The Balaban J connectivity index is 2.16. The van der Waals surface area contributed by atoms with Crippen molar-refractivity contribution < 1.29 is 27.1 Å². The quantitative estimate of drug-likeness (QED) is 0.840. The van der Waals surface area contributed by atoms with Gasteiger partial charge >= 0.3 is 0 Å². The molecule has 1 atom stereocenters. The van der Waals surface area contributed by atoms with E-state index in [0.29, 0.717) is 0 Å². The lowest BCUT2D eigenvalue weighted by Gasteiger charge is -2.21. The lowest BCUT2D eigenvalue weighted by Crippen LogP contribution is -2.38. The van der Waals surface area contributed by atoms with Crippen LogP contribution < -0.4 is 9.46 Å². The lowest BCUT2D eigenvalue weighted by atomic mass is 10.1. The number of halogens is 1. The smallest absolute Gasteiger partial charge is 0.240 e. The highest BCUT2D eigenvalue weighted by atomic mass is 32.2. The number of hydrogen-bond acceptors (Lipinski definition) is 5. The summed E-state index contributed by atoms with van der Waals surface area (Å²) in [6.45, 7) is 1.08. The van der Waals surface area contributed by atoms with Gasteiger partial charge < -0.3 is 14.3 Å². The van der Waals surface area contributed by atoms with Gasteiger partial charge in [0.25, 0.3) is 0 Å². The summed E-state index contributed by atoms with van der Waals surface area (Å²) in [6.07, 6.45) is 1.37. The molecule has 1 aromatic carbocycles. The maximum absolute atomic E-state index is 13.6. The van der Waals surface area contributed by atoms with E-state index in [-0.39, 0.29) is 22.9 Å². The Bertz CT molecular complexity index is 741. The number of methoxy groups -OCH3 is 1. The number of furan rings is 1. The van der Waals surface area contributed by atoms with E-state index in [2.05, 4.69) is 4.72 Å². The van der Waals surface area contributed by atoms with Crippen LogP contribution in [0.15, 0.2) is 45.9 Å². The Kier molecular flexibility index (Phi) is 4.55. The van der Waals surface area contributed by atoms with Gasteiger partial charge in [-0.05, 0) is 37.3 Å². The van der Waals surface area contributed by atoms with Gasteiger partial charge in [0.15, 0.2) is 11.6 Å². The van der Waals surface area contributed by atoms with Crippen LogP contribution in [0.25, 0.3) is 0 Å². The fourth-order valence-electron chi connectivity index (χ4n) is 1.81. The topological polar surface area (TPSA) is 88.8 Å². The van der Waals surface area contributed by atoms with Gasteiger partial charge in [-0.1, -0.05) is 0 Å². The first-order valence-corrected chi connectivity index (χ1v) is 7.84. The maximum atomic E-state index is 13.6. The number of nitrogens with one attached hydrogen (secondary N) is 1. The minimum absolute atomic E-state index is 0.0541. The largest absolute Gasteiger partial charge is 0.494 e. The van der Waals surface area contributed by atoms with Crippen LogP contribution in [0.4, 0.5) is 4.39 Å². The van der Waals surface area contributed by atoms with E-state index in [0.717, 1.165) is 6.07 Å². The molecule has 6 nitrogen and oxygen atoms in total. The Hall–Kier alpha value is -1.90. The number of ether oxygens (including phenoxy) is 1. The molecule has 0 aliphatic heterocycles. The maximum Gasteiger partial charge on any atom is 0.240 e. The third-order valence-corrected chi connectivity index (χ3v) is 4.49. The summed E-state index contributed by atoms with van der Waals surface area (Å²) in [6, 6.07) is 6.39. The van der Waals surface area contributed by atoms with E-state index >= 15 is 0 Å². The Morgan fingerprint density at radius 2 is 2.14 bits per heavy atom. The summed E-state index contributed by atoms with van der Waals surface area (Å²) < 4.78 is 49.9. The third-order valence-electron chi connectivity index (χ3n) is 3.09. The molecule has 0 spiro atoms. The van der Waals surface area contributed by atoms with E-state index in [1.54, 1.807) is 6.07 Å². The molecule has 2 aromatic rings. The van der Waals surface area contributed by atoms with Crippen molar-refractivity contribution >= 4 is 10.0 Å². The first-order chi connectivity index (χ1) is 10.3. The lowest BCUT2D eigenvalue weighted by molar-refractivity contribution is 0.0395. The second-order valence-corrected chi connectivity index (χ2v) is 6.64. The molecular formula is C14H16FNO5S. The molecule has 8 heteroatoms. The highest BCUT2D eigenvalue weighted by Gasteiger charge is 2.29. The van der Waals surface area contributed by atoms with E-state index in [9.17, 15) is 17.9 Å². The van der Waals surface area contributed by atoms with E-state index < -0.39 is 21.4 Å².